The molecule has 132 valence electrons. The number of nitrogens with two attached hydrogens (primary N) is 1. The Balaban J connectivity index is 1.43. The Morgan fingerprint density at radius 3 is 2.96 bits per heavy atom. The molecule has 2 aromatic rings. The van der Waals surface area contributed by atoms with Crippen LogP contribution in [0.2, 0.25) is 0 Å². The molecule has 4 rings (SSSR count). The number of rotatable bonds is 4. The highest BCUT2D eigenvalue weighted by atomic mass is 32.1. The molecule has 1 amide bonds. The maximum absolute atomic E-state index is 12.7. The first-order valence-electron chi connectivity index (χ1n) is 8.72. The number of allylic oxidation sites excluding steroid dienone is 5. The van der Waals surface area contributed by atoms with Crippen LogP contribution in [0.25, 0.3) is 10.2 Å². The second-order valence-corrected chi connectivity index (χ2v) is 7.54. The number of fused-ring (bicyclic) bond motifs is 2. The lowest BCUT2D eigenvalue weighted by molar-refractivity contribution is -0.124. The number of carbonyl (C=O) groups excluding carboxylic acids is 1. The van der Waals surface area contributed by atoms with Gasteiger partial charge in [0.1, 0.15) is 0 Å². The van der Waals surface area contributed by atoms with Gasteiger partial charge in [0.2, 0.25) is 11.0 Å². The fraction of sp³-hybridized carbons (Fsp3) is 0.250. The molecule has 2 aliphatic rings. The van der Waals surface area contributed by atoms with Crippen molar-refractivity contribution >= 4 is 38.8 Å². The molecule has 1 fully saturated rings. The van der Waals surface area contributed by atoms with Gasteiger partial charge >= 0.3 is 0 Å². The zero-order valence-electron chi connectivity index (χ0n) is 14.2. The van der Waals surface area contributed by atoms with E-state index in [0.717, 1.165) is 23.1 Å². The molecule has 26 heavy (non-hydrogen) atoms. The number of hydrogen-bond acceptors (Lipinski definition) is 5. The molecule has 0 spiro atoms. The number of para-hydroxylation sites is 1. The first-order chi connectivity index (χ1) is 12.7. The monoisotopic (exact) mass is 364 g/mol. The average molecular weight is 364 g/mol. The normalized spacial score (nSPS) is 25.1. The van der Waals surface area contributed by atoms with E-state index in [2.05, 4.69) is 33.5 Å². The van der Waals surface area contributed by atoms with Gasteiger partial charge in [0.25, 0.3) is 0 Å². The molecule has 0 aliphatic heterocycles. The molecule has 1 aromatic heterocycles. The van der Waals surface area contributed by atoms with E-state index in [1.165, 1.54) is 17.5 Å². The van der Waals surface area contributed by atoms with Crippen LogP contribution < -0.4 is 11.1 Å². The summed E-state index contributed by atoms with van der Waals surface area (Å²) in [5.41, 5.74) is 7.09. The molecule has 5 nitrogen and oxygen atoms in total. The number of nitrogens with one attached hydrogen (secondary N) is 1. The first kappa shape index (κ1) is 16.7. The van der Waals surface area contributed by atoms with Gasteiger partial charge in [-0.05, 0) is 36.8 Å². The largest absolute Gasteiger partial charge is 0.403 e. The minimum atomic E-state index is -0.0213. The summed E-state index contributed by atoms with van der Waals surface area (Å²) >= 11 is 1.50. The van der Waals surface area contributed by atoms with Gasteiger partial charge in [0, 0.05) is 12.1 Å². The average Bonchev–Trinajstić information content (AvgIpc) is 3.28. The van der Waals surface area contributed by atoms with Crippen molar-refractivity contribution in [3.8, 4) is 0 Å². The summed E-state index contributed by atoms with van der Waals surface area (Å²) in [6, 6.07) is 7.89. The van der Waals surface area contributed by atoms with E-state index < -0.39 is 0 Å². The quantitative estimate of drug-likeness (QED) is 0.812. The number of amides is 1. The standard InChI is InChI=1S/C20H20N4OS/c21-11-14(12-22-20-24-17-7-3-4-8-18(17)26-20)23-19(25)16-10-9-13-5-1-2-6-15(13)16/h1-8,11-13,15-16H,9-10,21H2,(H,23,25)/t13?,15?,16-/m1/s1. The lowest BCUT2D eigenvalue weighted by Crippen LogP contribution is -2.33. The summed E-state index contributed by atoms with van der Waals surface area (Å²) < 4.78 is 1.08. The van der Waals surface area contributed by atoms with Gasteiger partial charge in [-0.2, -0.15) is 0 Å². The third-order valence-corrected chi connectivity index (χ3v) is 5.90. The Morgan fingerprint density at radius 2 is 2.12 bits per heavy atom. The van der Waals surface area contributed by atoms with E-state index in [1.54, 1.807) is 6.21 Å². The third kappa shape index (κ3) is 3.32. The molecule has 0 bridgehead atoms. The molecule has 2 aliphatic carbocycles. The maximum Gasteiger partial charge on any atom is 0.228 e. The molecular weight excluding hydrogens is 344 g/mol. The number of aromatic nitrogens is 1. The van der Waals surface area contributed by atoms with Gasteiger partial charge < -0.3 is 11.1 Å². The van der Waals surface area contributed by atoms with Crippen molar-refractivity contribution in [3.63, 3.8) is 0 Å². The van der Waals surface area contributed by atoms with Crippen molar-refractivity contribution < 1.29 is 4.79 Å². The predicted molar refractivity (Wildman–Crippen MR) is 106 cm³/mol. The molecule has 0 radical (unpaired) electrons. The van der Waals surface area contributed by atoms with Crippen molar-refractivity contribution in [2.45, 2.75) is 12.8 Å². The molecule has 3 atom stereocenters. The smallest absolute Gasteiger partial charge is 0.228 e. The molecular formula is C20H20N4OS. The summed E-state index contributed by atoms with van der Waals surface area (Å²) in [4.78, 5) is 21.5. The molecule has 3 N–H and O–H groups in total. The van der Waals surface area contributed by atoms with E-state index in [4.69, 9.17) is 5.73 Å². The number of benzene rings is 1. The lowest BCUT2D eigenvalue weighted by Gasteiger charge is -2.21. The van der Waals surface area contributed by atoms with Crippen molar-refractivity contribution in [1.82, 2.24) is 10.3 Å². The fourth-order valence-corrected chi connectivity index (χ4v) is 4.46. The van der Waals surface area contributed by atoms with Gasteiger partial charge in [-0.25, -0.2) is 9.98 Å². The molecule has 1 saturated carbocycles. The van der Waals surface area contributed by atoms with Crippen molar-refractivity contribution in [2.75, 3.05) is 0 Å². The minimum Gasteiger partial charge on any atom is -0.403 e. The van der Waals surface area contributed by atoms with Crippen LogP contribution in [0.4, 0.5) is 5.13 Å². The second kappa shape index (κ2) is 7.25. The van der Waals surface area contributed by atoms with Gasteiger partial charge in [0.15, 0.2) is 0 Å². The van der Waals surface area contributed by atoms with E-state index in [-0.39, 0.29) is 17.7 Å². The Hall–Kier alpha value is -2.73. The van der Waals surface area contributed by atoms with Gasteiger partial charge in [-0.3, -0.25) is 4.79 Å². The topological polar surface area (TPSA) is 80.4 Å². The summed E-state index contributed by atoms with van der Waals surface area (Å²) in [6.07, 6.45) is 13.3. The number of carbonyl (C=O) groups is 1. The van der Waals surface area contributed by atoms with Crippen LogP contribution in [-0.2, 0) is 4.79 Å². The van der Waals surface area contributed by atoms with Gasteiger partial charge in [0.05, 0.1) is 22.1 Å². The Morgan fingerprint density at radius 1 is 1.27 bits per heavy atom. The van der Waals surface area contributed by atoms with E-state index in [1.807, 2.05) is 30.3 Å². The fourth-order valence-electron chi connectivity index (χ4n) is 3.65. The molecule has 0 saturated heterocycles. The predicted octanol–water partition coefficient (Wildman–Crippen LogP) is 3.68. The van der Waals surface area contributed by atoms with Crippen LogP contribution in [-0.4, -0.2) is 17.1 Å². The number of nitrogens with zero attached hydrogens (tertiary/aromatic N) is 2. The van der Waals surface area contributed by atoms with E-state index in [0.29, 0.717) is 16.7 Å². The maximum atomic E-state index is 12.7. The summed E-state index contributed by atoms with van der Waals surface area (Å²) in [5.74, 6) is 0.731. The van der Waals surface area contributed by atoms with Gasteiger partial charge in [-0.15, -0.1) is 0 Å². The lowest BCUT2D eigenvalue weighted by atomic mass is 9.86. The Labute approximate surface area is 156 Å². The Kier molecular flexibility index (Phi) is 4.67. The second-order valence-electron chi connectivity index (χ2n) is 6.53. The van der Waals surface area contributed by atoms with E-state index >= 15 is 0 Å². The minimum absolute atomic E-state index is 0.00454. The molecule has 1 aromatic carbocycles. The zero-order valence-corrected chi connectivity index (χ0v) is 15.0. The van der Waals surface area contributed by atoms with Crippen molar-refractivity contribution in [2.24, 2.45) is 28.5 Å². The van der Waals surface area contributed by atoms with Crippen LogP contribution >= 0.6 is 11.3 Å². The van der Waals surface area contributed by atoms with Crippen LogP contribution in [0, 0.1) is 17.8 Å². The highest BCUT2D eigenvalue weighted by molar-refractivity contribution is 7.22. The highest BCUT2D eigenvalue weighted by Crippen LogP contribution is 2.40. The molecule has 1 heterocycles. The van der Waals surface area contributed by atoms with Crippen LogP contribution in [0.3, 0.4) is 0 Å². The summed E-state index contributed by atoms with van der Waals surface area (Å²) in [5, 5.41) is 3.55. The van der Waals surface area contributed by atoms with Crippen LogP contribution in [0.15, 0.2) is 65.5 Å². The Bertz CT molecular complexity index is 907. The van der Waals surface area contributed by atoms with Crippen LogP contribution in [0.1, 0.15) is 12.8 Å². The molecule has 2 unspecified atom stereocenters. The van der Waals surface area contributed by atoms with Crippen LogP contribution in [0.5, 0.6) is 0 Å². The first-order valence-corrected chi connectivity index (χ1v) is 9.53. The summed E-state index contributed by atoms with van der Waals surface area (Å²) in [7, 11) is 0. The SMILES string of the molecule is NC=C(C=Nc1nc2ccccc2s1)NC(=O)[C@@H]1CCC2C=CC=CC21. The van der Waals surface area contributed by atoms with Crippen molar-refractivity contribution in [1.29, 1.82) is 0 Å². The van der Waals surface area contributed by atoms with E-state index in [9.17, 15) is 4.79 Å². The number of aliphatic imine (C=N–C) groups is 1. The highest BCUT2D eigenvalue weighted by Gasteiger charge is 2.38. The molecule has 6 heteroatoms. The zero-order chi connectivity index (χ0) is 17.9. The number of hydrogen-bond donors (Lipinski definition) is 2. The van der Waals surface area contributed by atoms with Gasteiger partial charge in [-0.1, -0.05) is 47.8 Å². The third-order valence-electron chi connectivity index (χ3n) is 4.95. The summed E-state index contributed by atoms with van der Waals surface area (Å²) in [6.45, 7) is 0. The number of thiazole rings is 1. The van der Waals surface area contributed by atoms with Crippen molar-refractivity contribution in [3.05, 3.63) is 60.5 Å².